The van der Waals surface area contributed by atoms with Crippen LogP contribution in [0.3, 0.4) is 0 Å². The van der Waals surface area contributed by atoms with Crippen molar-refractivity contribution in [2.45, 2.75) is 39.4 Å². The minimum atomic E-state index is -0.456. The molecule has 0 unspecified atom stereocenters. The van der Waals surface area contributed by atoms with Crippen molar-refractivity contribution in [3.63, 3.8) is 0 Å². The van der Waals surface area contributed by atoms with E-state index in [0.717, 1.165) is 12.8 Å². The van der Waals surface area contributed by atoms with E-state index in [1.807, 2.05) is 13.8 Å². The molecule has 0 spiro atoms. The van der Waals surface area contributed by atoms with Crippen molar-refractivity contribution in [1.82, 2.24) is 0 Å². The Morgan fingerprint density at radius 2 is 1.71 bits per heavy atom. The van der Waals surface area contributed by atoms with Gasteiger partial charge in [-0.1, -0.05) is 0 Å². The zero-order chi connectivity index (χ0) is 10.8. The predicted octanol–water partition coefficient (Wildman–Crippen LogP) is 1.56. The molecule has 0 aliphatic rings. The van der Waals surface area contributed by atoms with Gasteiger partial charge in [0.15, 0.2) is 0 Å². The van der Waals surface area contributed by atoms with Crippen LogP contribution in [0.25, 0.3) is 0 Å². The normalized spacial score (nSPS) is 10.4. The third-order valence-corrected chi connectivity index (χ3v) is 1.82. The van der Waals surface area contributed by atoms with Gasteiger partial charge in [-0.3, -0.25) is 0 Å². The van der Waals surface area contributed by atoms with Crippen LogP contribution in [-0.4, -0.2) is 25.5 Å². The van der Waals surface area contributed by atoms with Crippen LogP contribution in [0.15, 0.2) is 0 Å². The monoisotopic (exact) mass is 237 g/mol. The van der Waals surface area contributed by atoms with Gasteiger partial charge < -0.3 is 0 Å². The Bertz CT molecular complexity index is 144. The molecule has 4 nitrogen and oxygen atoms in total. The van der Waals surface area contributed by atoms with Crippen LogP contribution in [-0.2, 0) is 38.4 Å². The zero-order valence-electron chi connectivity index (χ0n) is 8.75. The number of hydrogen-bond acceptors (Lipinski definition) is 4. The third-order valence-electron chi connectivity index (χ3n) is 1.46. The van der Waals surface area contributed by atoms with Crippen LogP contribution >= 0.6 is 0 Å². The first kappa shape index (κ1) is 14.1. The van der Waals surface area contributed by atoms with Gasteiger partial charge >= 0.3 is 97.0 Å². The van der Waals surface area contributed by atoms with Crippen molar-refractivity contribution in [3.8, 4) is 0 Å². The summed E-state index contributed by atoms with van der Waals surface area (Å²) in [5.41, 5.74) is 0. The fourth-order valence-electron chi connectivity index (χ4n) is 0.842. The van der Waals surface area contributed by atoms with Gasteiger partial charge in [-0.2, -0.15) is 0 Å². The average molecular weight is 237 g/mol. The second-order valence-corrected chi connectivity index (χ2v) is 3.17. The van der Waals surface area contributed by atoms with Gasteiger partial charge in [-0.05, 0) is 0 Å². The van der Waals surface area contributed by atoms with Gasteiger partial charge in [0.05, 0.1) is 0 Å². The molecule has 0 heterocycles. The first-order valence-electron chi connectivity index (χ1n) is 4.84. The number of rotatable bonds is 8. The van der Waals surface area contributed by atoms with Gasteiger partial charge in [0.25, 0.3) is 0 Å². The van der Waals surface area contributed by atoms with Crippen molar-refractivity contribution in [2.75, 3.05) is 13.2 Å². The number of carbonyl (C=O) groups is 1. The maximum absolute atomic E-state index is 11.0. The molecule has 0 aromatic carbocycles. The molecule has 0 amide bonds. The van der Waals surface area contributed by atoms with Crippen LogP contribution in [0.5, 0.6) is 0 Å². The fourth-order valence-corrected chi connectivity index (χ4v) is 0.972. The van der Waals surface area contributed by atoms with Crippen molar-refractivity contribution in [3.05, 3.63) is 0 Å². The first-order valence-corrected chi connectivity index (χ1v) is 5.47. The van der Waals surface area contributed by atoms with E-state index < -0.39 is 6.29 Å². The molecule has 0 aliphatic heterocycles. The Balaban J connectivity index is 3.77. The van der Waals surface area contributed by atoms with Crippen molar-refractivity contribution >= 4 is 5.97 Å². The Hall–Kier alpha value is 0.104. The molecule has 81 valence electrons. The van der Waals surface area contributed by atoms with Gasteiger partial charge in [0.2, 0.25) is 0 Å². The van der Waals surface area contributed by atoms with Crippen LogP contribution in [0.1, 0.15) is 33.1 Å². The van der Waals surface area contributed by atoms with E-state index in [9.17, 15) is 4.79 Å². The molecule has 0 aromatic rings. The summed E-state index contributed by atoms with van der Waals surface area (Å²) in [5.74, 6) is -0.304. The Morgan fingerprint density at radius 1 is 1.21 bits per heavy atom. The topological polar surface area (TPSA) is 44.8 Å². The average Bonchev–Trinajstić information content (AvgIpc) is 2.21. The fraction of sp³-hybridized carbons (Fsp3) is 0.889. The van der Waals surface area contributed by atoms with Gasteiger partial charge in [-0.25, -0.2) is 0 Å². The van der Waals surface area contributed by atoms with Crippen molar-refractivity contribution in [2.24, 2.45) is 0 Å². The first-order chi connectivity index (χ1) is 6.74. The summed E-state index contributed by atoms with van der Waals surface area (Å²) in [5, 5.41) is 0. The second kappa shape index (κ2) is 9.65. The summed E-state index contributed by atoms with van der Waals surface area (Å²) in [6.45, 7) is 5.22. The van der Waals surface area contributed by atoms with E-state index in [1.165, 1.54) is 20.8 Å². The summed E-state index contributed by atoms with van der Waals surface area (Å²) >= 11 is 1.36. The van der Waals surface area contributed by atoms with E-state index in [0.29, 0.717) is 13.2 Å². The van der Waals surface area contributed by atoms with Crippen LogP contribution in [0.4, 0.5) is 0 Å². The van der Waals surface area contributed by atoms with Crippen molar-refractivity contribution < 1.29 is 38.4 Å². The standard InChI is InChI=1S/C9H18O4.Ti/c1-3-5-12-9(7-8(10)11)13-6-4-2;/h9H,3-7H2,1-2H3,(H,10,11);/q;+1/p-1. The number of hydrogen-bond donors (Lipinski definition) is 0. The van der Waals surface area contributed by atoms with E-state index >= 15 is 0 Å². The van der Waals surface area contributed by atoms with Crippen molar-refractivity contribution in [1.29, 1.82) is 0 Å². The molecular weight excluding hydrogens is 220 g/mol. The second-order valence-electron chi connectivity index (χ2n) is 2.85. The van der Waals surface area contributed by atoms with Crippen LogP contribution < -0.4 is 0 Å². The molecule has 0 radical (unpaired) electrons. The number of carbonyl (C=O) groups excluding carboxylic acids is 1. The molecule has 0 fully saturated rings. The van der Waals surface area contributed by atoms with Crippen LogP contribution in [0, 0.1) is 0 Å². The molecule has 0 atom stereocenters. The molecule has 0 N–H and O–H groups in total. The number of ether oxygens (including phenoxy) is 2. The quantitative estimate of drug-likeness (QED) is 0.474. The third kappa shape index (κ3) is 7.50. The Labute approximate surface area is 97.2 Å². The Morgan fingerprint density at radius 3 is 2.07 bits per heavy atom. The molecule has 0 saturated carbocycles. The van der Waals surface area contributed by atoms with Gasteiger partial charge in [0.1, 0.15) is 0 Å². The Kier molecular flexibility index (Phi) is 9.72. The van der Waals surface area contributed by atoms with Gasteiger partial charge in [-0.15, -0.1) is 0 Å². The summed E-state index contributed by atoms with van der Waals surface area (Å²) in [7, 11) is 0. The molecule has 5 heteroatoms. The van der Waals surface area contributed by atoms with E-state index in [1.54, 1.807) is 0 Å². The SMILES string of the molecule is CCCOC(CC(=O)[O][Ti])OCCC. The summed E-state index contributed by atoms with van der Waals surface area (Å²) in [6, 6.07) is 0. The molecule has 0 aliphatic carbocycles. The molecule has 0 aromatic heterocycles. The minimum absolute atomic E-state index is 0.163. The molecule has 14 heavy (non-hydrogen) atoms. The maximum atomic E-state index is 11.0. The van der Waals surface area contributed by atoms with E-state index in [4.69, 9.17) is 9.47 Å². The molecule has 0 rings (SSSR count). The summed E-state index contributed by atoms with van der Waals surface area (Å²) < 4.78 is 15.2. The predicted molar refractivity (Wildman–Crippen MR) is 47.0 cm³/mol. The zero-order valence-corrected chi connectivity index (χ0v) is 10.3. The molecule has 0 bridgehead atoms. The molecule has 0 saturated heterocycles. The van der Waals surface area contributed by atoms with E-state index in [2.05, 4.69) is 3.32 Å². The van der Waals surface area contributed by atoms with E-state index in [-0.39, 0.29) is 12.4 Å². The summed E-state index contributed by atoms with van der Waals surface area (Å²) in [4.78, 5) is 11.0. The molecular formula is C9H17O4Ti. The van der Waals surface area contributed by atoms with Gasteiger partial charge in [0, 0.05) is 0 Å². The van der Waals surface area contributed by atoms with Crippen LogP contribution in [0.2, 0.25) is 0 Å². The summed E-state index contributed by atoms with van der Waals surface area (Å²) in [6.07, 6.45) is 1.53.